The smallest absolute Gasteiger partial charge is 0.174 e. The monoisotopic (exact) mass is 530 g/mol. The Morgan fingerprint density at radius 3 is 2.32 bits per heavy atom. The number of hydrogen-bond acceptors (Lipinski definition) is 3. The second kappa shape index (κ2) is 9.84. The number of benzene rings is 2. The Balaban J connectivity index is 1.71. The van der Waals surface area contributed by atoms with Crippen LogP contribution in [-0.2, 0) is 0 Å². The van der Waals surface area contributed by atoms with Gasteiger partial charge in [0.1, 0.15) is 5.75 Å². The van der Waals surface area contributed by atoms with Crippen molar-refractivity contribution >= 4 is 34.6 Å². The molecule has 5 nitrogen and oxygen atoms in total. The average Bonchev–Trinajstić information content (AvgIpc) is 3.35. The molecule has 0 saturated carbocycles. The van der Waals surface area contributed by atoms with Gasteiger partial charge in [-0.15, -0.1) is 0 Å². The highest BCUT2D eigenvalue weighted by Crippen LogP contribution is 2.45. The maximum atomic E-state index is 6.56. The first kappa shape index (κ1) is 25.3. The molecule has 0 bridgehead atoms. The molecule has 5 rings (SSSR count). The average molecular weight is 531 g/mol. The number of ether oxygens (including phenoxy) is 1. The van der Waals surface area contributed by atoms with Crippen LogP contribution in [0.25, 0.3) is 5.69 Å². The largest absolute Gasteiger partial charge is 0.495 e. The summed E-state index contributed by atoms with van der Waals surface area (Å²) in [5, 5.41) is 4.73. The molecule has 2 atom stereocenters. The minimum absolute atomic E-state index is 0.127. The molecule has 3 heterocycles. The van der Waals surface area contributed by atoms with Crippen molar-refractivity contribution in [2.75, 3.05) is 12.0 Å². The number of anilines is 1. The summed E-state index contributed by atoms with van der Waals surface area (Å²) < 4.78 is 7.77. The predicted molar refractivity (Wildman–Crippen MR) is 155 cm³/mol. The van der Waals surface area contributed by atoms with E-state index in [-0.39, 0.29) is 12.1 Å². The second-order valence-electron chi connectivity index (χ2n) is 9.72. The highest BCUT2D eigenvalue weighted by atomic mass is 35.5. The predicted octanol–water partition coefficient (Wildman–Crippen LogP) is 7.25. The number of rotatable bonds is 5. The normalized spacial score (nSPS) is 17.3. The molecule has 0 radical (unpaired) electrons. The number of nitrogens with one attached hydrogen (secondary N) is 1. The molecule has 2 aromatic heterocycles. The summed E-state index contributed by atoms with van der Waals surface area (Å²) >= 11 is 12.5. The van der Waals surface area contributed by atoms with Crippen LogP contribution in [0.1, 0.15) is 51.4 Å². The summed E-state index contributed by atoms with van der Waals surface area (Å²) in [4.78, 5) is 6.85. The topological polar surface area (TPSA) is 42.3 Å². The number of aromatic nitrogens is 2. The van der Waals surface area contributed by atoms with Crippen LogP contribution >= 0.6 is 23.8 Å². The van der Waals surface area contributed by atoms with Gasteiger partial charge in [-0.1, -0.05) is 35.4 Å². The Morgan fingerprint density at radius 1 is 0.973 bits per heavy atom. The van der Waals surface area contributed by atoms with Gasteiger partial charge in [-0.25, -0.2) is 0 Å². The van der Waals surface area contributed by atoms with E-state index in [1.54, 1.807) is 7.11 Å². The van der Waals surface area contributed by atoms with Crippen molar-refractivity contribution in [3.05, 3.63) is 105 Å². The fraction of sp³-hybridized carbons (Fsp3) is 0.267. The van der Waals surface area contributed by atoms with Crippen molar-refractivity contribution in [1.82, 2.24) is 14.9 Å². The first-order valence-corrected chi connectivity index (χ1v) is 13.1. The van der Waals surface area contributed by atoms with Gasteiger partial charge in [0.15, 0.2) is 5.11 Å². The first-order chi connectivity index (χ1) is 17.7. The van der Waals surface area contributed by atoms with E-state index >= 15 is 0 Å². The molecule has 0 aliphatic carbocycles. The van der Waals surface area contributed by atoms with Gasteiger partial charge in [0, 0.05) is 23.3 Å². The van der Waals surface area contributed by atoms with Crippen molar-refractivity contribution < 1.29 is 4.74 Å². The molecular weight excluding hydrogens is 500 g/mol. The van der Waals surface area contributed by atoms with Gasteiger partial charge in [0.2, 0.25) is 0 Å². The molecule has 1 aliphatic heterocycles. The Labute approximate surface area is 229 Å². The molecule has 1 N–H and O–H groups in total. The maximum absolute atomic E-state index is 6.56. The first-order valence-electron chi connectivity index (χ1n) is 12.3. The van der Waals surface area contributed by atoms with Crippen LogP contribution in [-0.4, -0.2) is 21.8 Å². The molecule has 4 aromatic rings. The molecule has 0 amide bonds. The Kier molecular flexibility index (Phi) is 6.73. The fourth-order valence-corrected chi connectivity index (χ4v) is 6.31. The molecule has 1 aliphatic rings. The quantitative estimate of drug-likeness (QED) is 0.275. The van der Waals surface area contributed by atoms with Crippen molar-refractivity contribution in [3.8, 4) is 11.4 Å². The summed E-state index contributed by atoms with van der Waals surface area (Å²) in [6.07, 6.45) is 1.83. The SMILES string of the molecule is COc1ccc(N2C(=S)N[C@H](c3ccccn3)[C@H]2c2cc(C)n(-c3c(C)cc(C)cc3C)c2C)cc1Cl. The van der Waals surface area contributed by atoms with Crippen molar-refractivity contribution in [2.24, 2.45) is 0 Å². The van der Waals surface area contributed by atoms with Crippen LogP contribution < -0.4 is 15.0 Å². The van der Waals surface area contributed by atoms with Gasteiger partial charge >= 0.3 is 0 Å². The van der Waals surface area contributed by atoms with Crippen LogP contribution in [0.2, 0.25) is 5.02 Å². The van der Waals surface area contributed by atoms with E-state index in [1.807, 2.05) is 42.6 Å². The van der Waals surface area contributed by atoms with Crippen molar-refractivity contribution in [2.45, 2.75) is 46.7 Å². The lowest BCUT2D eigenvalue weighted by Gasteiger charge is -2.28. The number of methoxy groups -OCH3 is 1. The van der Waals surface area contributed by atoms with Crippen LogP contribution in [0, 0.1) is 34.6 Å². The molecule has 190 valence electrons. The summed E-state index contributed by atoms with van der Waals surface area (Å²) in [6.45, 7) is 10.9. The Bertz CT molecular complexity index is 1470. The fourth-order valence-electron chi connectivity index (χ4n) is 5.71. The maximum Gasteiger partial charge on any atom is 0.174 e. The molecule has 0 spiro atoms. The highest BCUT2D eigenvalue weighted by molar-refractivity contribution is 7.80. The lowest BCUT2D eigenvalue weighted by atomic mass is 9.96. The number of hydrogen-bond donors (Lipinski definition) is 1. The molecule has 7 heteroatoms. The van der Waals surface area contributed by atoms with E-state index in [0.29, 0.717) is 15.9 Å². The standard InChI is InChI=1S/C30H31ClN4OS/c1-17-13-18(2)28(19(3)14-17)34-20(4)15-23(21(34)5)29-27(25-9-7-8-12-32-25)33-30(37)35(29)22-10-11-26(36-6)24(31)16-22/h7-16,27,29H,1-6H3,(H,33,37)/t27-,29-/m1/s1. The summed E-state index contributed by atoms with van der Waals surface area (Å²) in [5.74, 6) is 0.629. The van der Waals surface area contributed by atoms with E-state index in [9.17, 15) is 0 Å². The molecule has 1 fully saturated rings. The zero-order chi connectivity index (χ0) is 26.4. The minimum atomic E-state index is -0.135. The molecule has 2 aromatic carbocycles. The van der Waals surface area contributed by atoms with Gasteiger partial charge in [-0.2, -0.15) is 0 Å². The molecule has 1 saturated heterocycles. The minimum Gasteiger partial charge on any atom is -0.495 e. The van der Waals surface area contributed by atoms with Gasteiger partial charge in [0.25, 0.3) is 0 Å². The summed E-state index contributed by atoms with van der Waals surface area (Å²) in [5.41, 5.74) is 10.4. The molecule has 37 heavy (non-hydrogen) atoms. The lowest BCUT2D eigenvalue weighted by molar-refractivity contribution is 0.415. The van der Waals surface area contributed by atoms with Crippen molar-refractivity contribution in [3.63, 3.8) is 0 Å². The van der Waals surface area contributed by atoms with Crippen molar-refractivity contribution in [1.29, 1.82) is 0 Å². The van der Waals surface area contributed by atoms with Gasteiger partial charge in [-0.05, 0) is 99.9 Å². The van der Waals surface area contributed by atoms with Gasteiger partial charge in [0.05, 0.1) is 35.6 Å². The number of thiocarbonyl (C=S) groups is 1. The van der Waals surface area contributed by atoms with Crippen LogP contribution in [0.3, 0.4) is 0 Å². The summed E-state index contributed by atoms with van der Waals surface area (Å²) in [6, 6.07) is 18.3. The van der Waals surface area contributed by atoms with Gasteiger partial charge < -0.3 is 19.5 Å². The third-order valence-corrected chi connectivity index (χ3v) is 7.77. The van der Waals surface area contributed by atoms with E-state index in [4.69, 9.17) is 33.5 Å². The lowest BCUT2D eigenvalue weighted by Crippen LogP contribution is -2.29. The Hall–Kier alpha value is -3.35. The summed E-state index contributed by atoms with van der Waals surface area (Å²) in [7, 11) is 1.62. The number of nitrogens with zero attached hydrogens (tertiary/aromatic N) is 3. The number of halogens is 1. The zero-order valence-corrected chi connectivity index (χ0v) is 23.5. The Morgan fingerprint density at radius 2 is 1.70 bits per heavy atom. The van der Waals surface area contributed by atoms with E-state index in [1.165, 1.54) is 39.3 Å². The van der Waals surface area contributed by atoms with Crippen LogP contribution in [0.15, 0.2) is 60.8 Å². The van der Waals surface area contributed by atoms with Crippen LogP contribution in [0.5, 0.6) is 5.75 Å². The van der Waals surface area contributed by atoms with Gasteiger partial charge in [-0.3, -0.25) is 4.98 Å². The zero-order valence-electron chi connectivity index (χ0n) is 22.0. The second-order valence-corrected chi connectivity index (χ2v) is 10.5. The van der Waals surface area contributed by atoms with E-state index in [2.05, 4.69) is 67.6 Å². The molecule has 0 unspecified atom stereocenters. The highest BCUT2D eigenvalue weighted by Gasteiger charge is 2.42. The third-order valence-electron chi connectivity index (χ3n) is 7.16. The number of aryl methyl sites for hydroxylation is 4. The van der Waals surface area contributed by atoms with E-state index in [0.717, 1.165) is 11.4 Å². The third kappa shape index (κ3) is 4.38. The van der Waals surface area contributed by atoms with Crippen LogP contribution in [0.4, 0.5) is 5.69 Å². The van der Waals surface area contributed by atoms with E-state index < -0.39 is 0 Å². The molecular formula is C30H31ClN4OS. The number of pyridine rings is 1.